The van der Waals surface area contributed by atoms with Crippen LogP contribution in [-0.4, -0.2) is 5.78 Å². The van der Waals surface area contributed by atoms with Crippen LogP contribution in [0, 0.1) is 27.7 Å². The standard InChI is InChI=1S/C22H22O.C13H12/c1-15-9-10-16(2)20(13-15)22(23)21-14-19(12-11-17(21)3)18-7-5-4-6-8-18;1-11-7-9-13(10-8-11)12-5-3-2-4-6-12/h5,7-14H,4,6H2,1-3H3;2-10H,1H3. The van der Waals surface area contributed by atoms with E-state index in [-0.39, 0.29) is 5.78 Å². The monoisotopic (exact) mass is 470 g/mol. The van der Waals surface area contributed by atoms with Crippen LogP contribution >= 0.6 is 0 Å². The Bertz CT molecular complexity index is 1400. The molecule has 0 bridgehead atoms. The minimum absolute atomic E-state index is 0.117. The van der Waals surface area contributed by atoms with Crippen molar-refractivity contribution in [3.8, 4) is 11.1 Å². The molecule has 0 saturated carbocycles. The molecule has 0 unspecified atom stereocenters. The van der Waals surface area contributed by atoms with Gasteiger partial charge in [-0.3, -0.25) is 4.79 Å². The molecule has 1 aliphatic rings. The molecule has 0 saturated heterocycles. The molecule has 4 aromatic rings. The summed E-state index contributed by atoms with van der Waals surface area (Å²) in [6, 6.07) is 31.3. The van der Waals surface area contributed by atoms with E-state index in [1.807, 2.05) is 51.1 Å². The number of benzene rings is 4. The zero-order chi connectivity index (χ0) is 25.5. The van der Waals surface area contributed by atoms with E-state index in [1.165, 1.54) is 22.3 Å². The van der Waals surface area contributed by atoms with Gasteiger partial charge >= 0.3 is 0 Å². The maximum atomic E-state index is 13.0. The lowest BCUT2D eigenvalue weighted by molar-refractivity contribution is 0.103. The van der Waals surface area contributed by atoms with Crippen LogP contribution in [0.15, 0.2) is 109 Å². The molecule has 0 aliphatic heterocycles. The number of allylic oxidation sites excluding steroid dienone is 4. The Morgan fingerprint density at radius 1 is 0.583 bits per heavy atom. The van der Waals surface area contributed by atoms with E-state index in [4.69, 9.17) is 0 Å². The number of carbonyl (C=O) groups excluding carboxylic acids is 1. The van der Waals surface area contributed by atoms with Gasteiger partial charge in [0.05, 0.1) is 0 Å². The van der Waals surface area contributed by atoms with Gasteiger partial charge in [-0.15, -0.1) is 0 Å². The molecule has 0 heterocycles. The second-order valence-electron chi connectivity index (χ2n) is 9.55. The summed E-state index contributed by atoms with van der Waals surface area (Å²) in [5.74, 6) is 0.117. The molecule has 0 amide bonds. The molecular weight excluding hydrogens is 436 g/mol. The first-order valence-corrected chi connectivity index (χ1v) is 12.6. The number of carbonyl (C=O) groups is 1. The van der Waals surface area contributed by atoms with Gasteiger partial charge in [-0.05, 0) is 86.1 Å². The van der Waals surface area contributed by atoms with Crippen LogP contribution in [0.25, 0.3) is 16.7 Å². The number of hydrogen-bond acceptors (Lipinski definition) is 1. The number of rotatable bonds is 4. The predicted molar refractivity (Wildman–Crippen MR) is 153 cm³/mol. The van der Waals surface area contributed by atoms with Crippen molar-refractivity contribution in [2.45, 2.75) is 40.5 Å². The largest absolute Gasteiger partial charge is 0.289 e. The number of hydrogen-bond donors (Lipinski definition) is 0. The van der Waals surface area contributed by atoms with Crippen LogP contribution in [0.3, 0.4) is 0 Å². The summed E-state index contributed by atoms with van der Waals surface area (Å²) in [6.45, 7) is 8.14. The molecule has 36 heavy (non-hydrogen) atoms. The SMILES string of the molecule is Cc1ccc(-c2ccccc2)cc1.Cc1ccc(C)c(C(=O)c2cc(C3=CCCC=C3)ccc2C)c1. The van der Waals surface area contributed by atoms with Crippen LogP contribution in [-0.2, 0) is 0 Å². The zero-order valence-electron chi connectivity index (χ0n) is 21.7. The highest BCUT2D eigenvalue weighted by atomic mass is 16.1. The summed E-state index contributed by atoms with van der Waals surface area (Å²) in [4.78, 5) is 13.0. The average molecular weight is 471 g/mol. The summed E-state index contributed by atoms with van der Waals surface area (Å²) in [6.07, 6.45) is 8.77. The van der Waals surface area contributed by atoms with Gasteiger partial charge in [-0.25, -0.2) is 0 Å². The second-order valence-corrected chi connectivity index (χ2v) is 9.55. The molecule has 0 atom stereocenters. The maximum Gasteiger partial charge on any atom is 0.193 e. The molecule has 0 N–H and O–H groups in total. The Balaban J connectivity index is 0.000000197. The zero-order valence-corrected chi connectivity index (χ0v) is 21.7. The molecule has 0 spiro atoms. The molecule has 1 aliphatic carbocycles. The van der Waals surface area contributed by atoms with E-state index >= 15 is 0 Å². The Hall–Kier alpha value is -3.97. The van der Waals surface area contributed by atoms with Crippen molar-refractivity contribution in [1.29, 1.82) is 0 Å². The van der Waals surface area contributed by atoms with Crippen LogP contribution in [0.2, 0.25) is 0 Å². The van der Waals surface area contributed by atoms with Gasteiger partial charge in [0.25, 0.3) is 0 Å². The lowest BCUT2D eigenvalue weighted by Gasteiger charge is -2.12. The van der Waals surface area contributed by atoms with Crippen molar-refractivity contribution in [1.82, 2.24) is 0 Å². The lowest BCUT2D eigenvalue weighted by atomic mass is 9.91. The highest BCUT2D eigenvalue weighted by Gasteiger charge is 2.15. The maximum absolute atomic E-state index is 13.0. The van der Waals surface area contributed by atoms with Crippen LogP contribution < -0.4 is 0 Å². The third-order valence-electron chi connectivity index (χ3n) is 6.61. The fraction of sp³-hybridized carbons (Fsp3) is 0.171. The van der Waals surface area contributed by atoms with E-state index in [2.05, 4.69) is 85.8 Å². The smallest absolute Gasteiger partial charge is 0.193 e. The van der Waals surface area contributed by atoms with Crippen LogP contribution in [0.4, 0.5) is 0 Å². The third-order valence-corrected chi connectivity index (χ3v) is 6.61. The topological polar surface area (TPSA) is 17.1 Å². The summed E-state index contributed by atoms with van der Waals surface area (Å²) in [7, 11) is 0. The summed E-state index contributed by atoms with van der Waals surface area (Å²) >= 11 is 0. The first-order valence-electron chi connectivity index (χ1n) is 12.6. The van der Waals surface area contributed by atoms with E-state index in [0.29, 0.717) is 0 Å². The fourth-order valence-corrected chi connectivity index (χ4v) is 4.38. The van der Waals surface area contributed by atoms with Gasteiger partial charge in [0.15, 0.2) is 5.78 Å². The molecular formula is C35H34O. The minimum Gasteiger partial charge on any atom is -0.289 e. The molecule has 0 radical (unpaired) electrons. The van der Waals surface area contributed by atoms with Crippen molar-refractivity contribution in [3.63, 3.8) is 0 Å². The first-order chi connectivity index (χ1) is 17.4. The fourth-order valence-electron chi connectivity index (χ4n) is 4.38. The Labute approximate surface area is 215 Å². The van der Waals surface area contributed by atoms with Gasteiger partial charge < -0.3 is 0 Å². The first kappa shape index (κ1) is 25.1. The lowest BCUT2D eigenvalue weighted by Crippen LogP contribution is -2.07. The van der Waals surface area contributed by atoms with E-state index < -0.39 is 0 Å². The number of ketones is 1. The molecule has 0 aromatic heterocycles. The van der Waals surface area contributed by atoms with Gasteiger partial charge in [-0.1, -0.05) is 108 Å². The Morgan fingerprint density at radius 2 is 1.17 bits per heavy atom. The predicted octanol–water partition coefficient (Wildman–Crippen LogP) is 9.24. The van der Waals surface area contributed by atoms with Crippen LogP contribution in [0.1, 0.15) is 56.6 Å². The minimum atomic E-state index is 0.117. The van der Waals surface area contributed by atoms with Crippen molar-refractivity contribution in [3.05, 3.63) is 148 Å². The van der Waals surface area contributed by atoms with E-state index in [0.717, 1.165) is 46.2 Å². The van der Waals surface area contributed by atoms with Crippen LogP contribution in [0.5, 0.6) is 0 Å². The Kier molecular flexibility index (Phi) is 8.13. The summed E-state index contributed by atoms with van der Waals surface area (Å²) < 4.78 is 0. The van der Waals surface area contributed by atoms with Crippen molar-refractivity contribution in [2.75, 3.05) is 0 Å². The summed E-state index contributed by atoms with van der Waals surface area (Å²) in [5, 5.41) is 0. The third kappa shape index (κ3) is 6.17. The van der Waals surface area contributed by atoms with Gasteiger partial charge in [0, 0.05) is 11.1 Å². The second kappa shape index (κ2) is 11.6. The molecule has 0 fully saturated rings. The molecule has 1 nitrogen and oxygen atoms in total. The van der Waals surface area contributed by atoms with Gasteiger partial charge in [-0.2, -0.15) is 0 Å². The molecule has 1 heteroatoms. The average Bonchev–Trinajstić information content (AvgIpc) is 2.92. The normalized spacial score (nSPS) is 12.4. The van der Waals surface area contributed by atoms with E-state index in [1.54, 1.807) is 0 Å². The van der Waals surface area contributed by atoms with E-state index in [9.17, 15) is 4.79 Å². The molecule has 4 aromatic carbocycles. The highest BCUT2D eigenvalue weighted by Crippen LogP contribution is 2.26. The molecule has 5 rings (SSSR count). The Morgan fingerprint density at radius 3 is 1.83 bits per heavy atom. The number of aryl methyl sites for hydroxylation is 4. The van der Waals surface area contributed by atoms with Gasteiger partial charge in [0.1, 0.15) is 0 Å². The van der Waals surface area contributed by atoms with Crippen molar-refractivity contribution >= 4 is 11.4 Å². The molecule has 180 valence electrons. The highest BCUT2D eigenvalue weighted by molar-refractivity contribution is 6.11. The van der Waals surface area contributed by atoms with Gasteiger partial charge in [0.2, 0.25) is 0 Å². The summed E-state index contributed by atoms with van der Waals surface area (Å²) in [5.41, 5.74) is 11.0. The van der Waals surface area contributed by atoms with Crippen molar-refractivity contribution < 1.29 is 4.79 Å². The quantitative estimate of drug-likeness (QED) is 0.272. The van der Waals surface area contributed by atoms with Crippen molar-refractivity contribution in [2.24, 2.45) is 0 Å².